The molecule has 4 nitrogen and oxygen atoms in total. The lowest BCUT2D eigenvalue weighted by Gasteiger charge is -2.13. The normalized spacial score (nSPS) is 21.2. The van der Waals surface area contributed by atoms with E-state index in [1.165, 1.54) is 0 Å². The number of ether oxygens (including phenoxy) is 2. The number of para-hydroxylation sites is 3. The number of rotatable bonds is 3. The number of benzene rings is 3. The molecule has 1 saturated heterocycles. The zero-order valence-electron chi connectivity index (χ0n) is 15.4. The van der Waals surface area contributed by atoms with Gasteiger partial charge in [0.05, 0.1) is 11.4 Å². The van der Waals surface area contributed by atoms with Gasteiger partial charge in [0.2, 0.25) is 0 Å². The van der Waals surface area contributed by atoms with Crippen LogP contribution in [0, 0.1) is 0 Å². The van der Waals surface area contributed by atoms with Gasteiger partial charge in [-0.2, -0.15) is 0 Å². The molecular weight excluding hydrogens is 348 g/mol. The van der Waals surface area contributed by atoms with Crippen LogP contribution >= 0.6 is 0 Å². The number of epoxide rings is 1. The molecule has 2 unspecified atom stereocenters. The van der Waals surface area contributed by atoms with Crippen molar-refractivity contribution >= 4 is 11.4 Å². The summed E-state index contributed by atoms with van der Waals surface area (Å²) in [6.45, 7) is 0. The fourth-order valence-corrected chi connectivity index (χ4v) is 3.20. The third-order valence-corrected chi connectivity index (χ3v) is 4.71. The maximum atomic E-state index is 5.96. The number of nitrogen functional groups attached to an aromatic ring is 2. The SMILES string of the molecule is Nc1cccc(C23C=CC=CC2O3)c1N.c1ccc(Oc2ccccc2)cc1. The Morgan fingerprint density at radius 3 is 2.00 bits per heavy atom. The Balaban J connectivity index is 0.000000139. The monoisotopic (exact) mass is 370 g/mol. The highest BCUT2D eigenvalue weighted by Gasteiger charge is 2.56. The van der Waals surface area contributed by atoms with E-state index in [-0.39, 0.29) is 11.7 Å². The average molecular weight is 370 g/mol. The number of nitrogens with two attached hydrogens (primary N) is 2. The molecule has 3 aromatic carbocycles. The highest BCUT2D eigenvalue weighted by Crippen LogP contribution is 2.52. The lowest BCUT2D eigenvalue weighted by Crippen LogP contribution is -2.14. The third-order valence-electron chi connectivity index (χ3n) is 4.71. The molecule has 0 bridgehead atoms. The number of hydrogen-bond acceptors (Lipinski definition) is 4. The number of fused-ring (bicyclic) bond motifs is 1. The number of hydrogen-bond donors (Lipinski definition) is 2. The third kappa shape index (κ3) is 3.63. The van der Waals surface area contributed by atoms with Gasteiger partial charge in [0.25, 0.3) is 0 Å². The molecule has 1 aliphatic carbocycles. The molecule has 5 rings (SSSR count). The molecule has 3 aromatic rings. The van der Waals surface area contributed by atoms with E-state index in [4.69, 9.17) is 20.9 Å². The summed E-state index contributed by atoms with van der Waals surface area (Å²) in [7, 11) is 0. The van der Waals surface area contributed by atoms with Crippen LogP contribution in [0.15, 0.2) is 103 Å². The van der Waals surface area contributed by atoms with Crippen LogP contribution in [0.1, 0.15) is 5.56 Å². The second-order valence-electron chi connectivity index (χ2n) is 6.61. The zero-order chi connectivity index (χ0) is 19.4. The van der Waals surface area contributed by atoms with Crippen molar-refractivity contribution in [2.45, 2.75) is 11.7 Å². The van der Waals surface area contributed by atoms with Crippen LogP contribution in [-0.2, 0) is 10.3 Å². The molecule has 0 aromatic heterocycles. The molecule has 28 heavy (non-hydrogen) atoms. The highest BCUT2D eigenvalue weighted by molar-refractivity contribution is 5.70. The predicted octanol–water partition coefficient (Wildman–Crippen LogP) is 5.05. The molecule has 4 heteroatoms. The average Bonchev–Trinajstić information content (AvgIpc) is 3.48. The van der Waals surface area contributed by atoms with Crippen molar-refractivity contribution in [3.63, 3.8) is 0 Å². The minimum atomic E-state index is -0.353. The largest absolute Gasteiger partial charge is 0.457 e. The van der Waals surface area contributed by atoms with E-state index >= 15 is 0 Å². The summed E-state index contributed by atoms with van der Waals surface area (Å²) >= 11 is 0. The Morgan fingerprint density at radius 2 is 1.39 bits per heavy atom. The molecule has 2 atom stereocenters. The Bertz CT molecular complexity index is 962. The molecule has 1 heterocycles. The molecule has 1 fully saturated rings. The summed E-state index contributed by atoms with van der Waals surface area (Å²) in [5.74, 6) is 1.74. The molecule has 2 aliphatic rings. The summed E-state index contributed by atoms with van der Waals surface area (Å²) in [5, 5.41) is 0. The topological polar surface area (TPSA) is 73.8 Å². The Morgan fingerprint density at radius 1 is 0.750 bits per heavy atom. The molecular formula is C24H22N2O2. The van der Waals surface area contributed by atoms with Crippen LogP contribution in [0.5, 0.6) is 11.5 Å². The van der Waals surface area contributed by atoms with Gasteiger partial charge in [0.1, 0.15) is 23.2 Å². The quantitative estimate of drug-likeness (QED) is 0.500. The first-order valence-corrected chi connectivity index (χ1v) is 9.15. The second kappa shape index (κ2) is 7.62. The molecule has 0 amide bonds. The van der Waals surface area contributed by atoms with Crippen molar-refractivity contribution in [2.24, 2.45) is 0 Å². The summed E-state index contributed by atoms with van der Waals surface area (Å²) in [4.78, 5) is 0. The van der Waals surface area contributed by atoms with E-state index in [0.29, 0.717) is 11.4 Å². The van der Waals surface area contributed by atoms with Crippen molar-refractivity contribution < 1.29 is 9.47 Å². The predicted molar refractivity (Wildman–Crippen MR) is 113 cm³/mol. The van der Waals surface area contributed by atoms with Gasteiger partial charge in [-0.1, -0.05) is 66.8 Å². The van der Waals surface area contributed by atoms with E-state index < -0.39 is 0 Å². The van der Waals surface area contributed by atoms with Crippen LogP contribution in [0.2, 0.25) is 0 Å². The molecule has 140 valence electrons. The van der Waals surface area contributed by atoms with Crippen molar-refractivity contribution in [3.8, 4) is 11.5 Å². The maximum absolute atomic E-state index is 5.96. The fourth-order valence-electron chi connectivity index (χ4n) is 3.20. The fraction of sp³-hybridized carbons (Fsp3) is 0.0833. The van der Waals surface area contributed by atoms with Crippen LogP contribution < -0.4 is 16.2 Å². The van der Waals surface area contributed by atoms with Gasteiger partial charge in [-0.3, -0.25) is 0 Å². The molecule has 1 aliphatic heterocycles. The maximum Gasteiger partial charge on any atom is 0.144 e. The van der Waals surface area contributed by atoms with E-state index in [9.17, 15) is 0 Å². The van der Waals surface area contributed by atoms with Crippen molar-refractivity contribution in [3.05, 3.63) is 109 Å². The summed E-state index contributed by atoms with van der Waals surface area (Å²) in [6, 6.07) is 25.2. The standard InChI is InChI=1S/C12H12N2O.C12H10O/c13-9-5-3-4-8(11(9)14)12-7-2-1-6-10(12)15-12;1-3-7-11(8-4-1)13-12-9-5-2-6-10-12/h1-7,10H,13-14H2;1-10H. The van der Waals surface area contributed by atoms with Crippen LogP contribution in [-0.4, -0.2) is 6.10 Å². The van der Waals surface area contributed by atoms with Crippen molar-refractivity contribution in [2.75, 3.05) is 11.5 Å². The van der Waals surface area contributed by atoms with Crippen LogP contribution in [0.3, 0.4) is 0 Å². The van der Waals surface area contributed by atoms with E-state index in [1.807, 2.05) is 97.1 Å². The lowest BCUT2D eigenvalue weighted by atomic mass is 9.90. The van der Waals surface area contributed by atoms with Crippen molar-refractivity contribution in [1.29, 1.82) is 0 Å². The van der Waals surface area contributed by atoms with E-state index in [0.717, 1.165) is 17.1 Å². The van der Waals surface area contributed by atoms with Gasteiger partial charge in [-0.05, 0) is 36.4 Å². The molecule has 0 saturated carbocycles. The van der Waals surface area contributed by atoms with Gasteiger partial charge >= 0.3 is 0 Å². The van der Waals surface area contributed by atoms with Crippen molar-refractivity contribution in [1.82, 2.24) is 0 Å². The first-order chi connectivity index (χ1) is 13.7. The lowest BCUT2D eigenvalue weighted by molar-refractivity contribution is 0.346. The molecule has 4 N–H and O–H groups in total. The Kier molecular flexibility index (Phi) is 4.87. The Hall–Kier alpha value is -3.50. The molecule has 0 spiro atoms. The van der Waals surface area contributed by atoms with Gasteiger partial charge in [-0.25, -0.2) is 0 Å². The minimum absolute atomic E-state index is 0.117. The van der Waals surface area contributed by atoms with Gasteiger partial charge in [-0.15, -0.1) is 0 Å². The summed E-state index contributed by atoms with van der Waals surface area (Å²) in [6.07, 6.45) is 8.14. The van der Waals surface area contributed by atoms with Gasteiger partial charge in [0, 0.05) is 5.56 Å². The highest BCUT2D eigenvalue weighted by atomic mass is 16.6. The molecule has 0 radical (unpaired) electrons. The second-order valence-corrected chi connectivity index (χ2v) is 6.61. The smallest absolute Gasteiger partial charge is 0.144 e. The van der Waals surface area contributed by atoms with Crippen LogP contribution in [0.4, 0.5) is 11.4 Å². The minimum Gasteiger partial charge on any atom is -0.457 e. The van der Waals surface area contributed by atoms with E-state index in [2.05, 4.69) is 0 Å². The van der Waals surface area contributed by atoms with Gasteiger partial charge in [0.15, 0.2) is 0 Å². The summed E-state index contributed by atoms with van der Waals surface area (Å²) < 4.78 is 11.3. The number of allylic oxidation sites excluding steroid dienone is 2. The van der Waals surface area contributed by atoms with Gasteiger partial charge < -0.3 is 20.9 Å². The summed E-state index contributed by atoms with van der Waals surface area (Å²) in [5.41, 5.74) is 13.6. The Labute approximate surface area is 164 Å². The van der Waals surface area contributed by atoms with Crippen LogP contribution in [0.25, 0.3) is 0 Å². The first kappa shape index (κ1) is 17.9. The first-order valence-electron chi connectivity index (χ1n) is 9.15. The zero-order valence-corrected chi connectivity index (χ0v) is 15.4. The van der Waals surface area contributed by atoms with E-state index in [1.54, 1.807) is 6.07 Å². The number of anilines is 2.